The Hall–Kier alpha value is -3.45. The molecule has 0 atom stereocenters. The lowest BCUT2D eigenvalue weighted by molar-refractivity contribution is -0.111. The third-order valence-corrected chi connectivity index (χ3v) is 4.94. The Kier molecular flexibility index (Phi) is 5.63. The molecular weight excluding hydrogens is 362 g/mol. The monoisotopic (exact) mass is 379 g/mol. The number of hydrogen-bond donors (Lipinski definition) is 2. The number of hydrogen-bond acceptors (Lipinski definition) is 4. The lowest BCUT2D eigenvalue weighted by Crippen LogP contribution is -2.13. The number of benzene rings is 2. The van der Waals surface area contributed by atoms with Gasteiger partial charge in [0.25, 0.3) is 10.0 Å². The molecule has 1 amide bonds. The van der Waals surface area contributed by atoms with Gasteiger partial charge in [-0.25, -0.2) is 8.42 Å². The number of aromatic nitrogens is 1. The van der Waals surface area contributed by atoms with Crippen molar-refractivity contribution in [3.63, 3.8) is 0 Å². The van der Waals surface area contributed by atoms with E-state index in [2.05, 4.69) is 15.0 Å². The summed E-state index contributed by atoms with van der Waals surface area (Å²) in [5.74, 6) is -0.332. The molecule has 27 heavy (non-hydrogen) atoms. The van der Waals surface area contributed by atoms with Crippen molar-refractivity contribution in [2.75, 3.05) is 10.0 Å². The van der Waals surface area contributed by atoms with Crippen LogP contribution >= 0.6 is 0 Å². The molecule has 0 aliphatic heterocycles. The largest absolute Gasteiger partial charge is 0.322 e. The third kappa shape index (κ3) is 5.26. The Morgan fingerprint density at radius 1 is 0.926 bits per heavy atom. The molecule has 136 valence electrons. The number of carbonyl (C=O) groups is 1. The van der Waals surface area contributed by atoms with Crippen LogP contribution in [0.2, 0.25) is 0 Å². The van der Waals surface area contributed by atoms with Crippen LogP contribution in [0.5, 0.6) is 0 Å². The Labute approximate surface area is 157 Å². The van der Waals surface area contributed by atoms with Gasteiger partial charge in [0.05, 0.1) is 10.6 Å². The van der Waals surface area contributed by atoms with Gasteiger partial charge >= 0.3 is 0 Å². The summed E-state index contributed by atoms with van der Waals surface area (Å²) >= 11 is 0. The van der Waals surface area contributed by atoms with Gasteiger partial charge < -0.3 is 5.32 Å². The number of nitrogens with one attached hydrogen (secondary N) is 2. The summed E-state index contributed by atoms with van der Waals surface area (Å²) in [5, 5.41) is 2.70. The molecule has 0 aliphatic rings. The lowest BCUT2D eigenvalue weighted by atomic mass is 10.2. The summed E-state index contributed by atoms with van der Waals surface area (Å²) in [6.45, 7) is 0. The summed E-state index contributed by atoms with van der Waals surface area (Å²) in [6, 6.07) is 18.2. The first kappa shape index (κ1) is 18.3. The van der Waals surface area contributed by atoms with Crippen molar-refractivity contribution < 1.29 is 13.2 Å². The smallest absolute Gasteiger partial charge is 0.261 e. The maximum atomic E-state index is 12.4. The van der Waals surface area contributed by atoms with Crippen LogP contribution in [0.3, 0.4) is 0 Å². The molecule has 7 heteroatoms. The SMILES string of the molecule is O=C(/C=C/c1cccnc1)Nc1cccc(NS(=O)(=O)c2ccccc2)c1. The zero-order valence-electron chi connectivity index (χ0n) is 14.2. The van der Waals surface area contributed by atoms with Crippen molar-refractivity contribution in [1.82, 2.24) is 4.98 Å². The van der Waals surface area contributed by atoms with E-state index in [1.54, 1.807) is 67.0 Å². The highest BCUT2D eigenvalue weighted by atomic mass is 32.2. The van der Waals surface area contributed by atoms with Crippen LogP contribution < -0.4 is 10.0 Å². The molecule has 0 fully saturated rings. The molecule has 0 radical (unpaired) electrons. The maximum Gasteiger partial charge on any atom is 0.261 e. The fraction of sp³-hybridized carbons (Fsp3) is 0. The number of amides is 1. The molecule has 6 nitrogen and oxygen atoms in total. The second kappa shape index (κ2) is 8.29. The predicted molar refractivity (Wildman–Crippen MR) is 106 cm³/mol. The molecule has 0 unspecified atom stereocenters. The molecule has 0 bridgehead atoms. The minimum atomic E-state index is -3.69. The minimum absolute atomic E-state index is 0.166. The lowest BCUT2D eigenvalue weighted by Gasteiger charge is -2.09. The first-order valence-electron chi connectivity index (χ1n) is 8.10. The third-order valence-electron chi connectivity index (χ3n) is 3.55. The number of sulfonamides is 1. The molecule has 3 aromatic rings. The van der Waals surface area contributed by atoms with Crippen molar-refractivity contribution in [1.29, 1.82) is 0 Å². The average molecular weight is 379 g/mol. The first-order valence-corrected chi connectivity index (χ1v) is 9.58. The van der Waals surface area contributed by atoms with Crippen molar-refractivity contribution in [2.45, 2.75) is 4.90 Å². The molecule has 1 aromatic heterocycles. The van der Waals surface area contributed by atoms with Gasteiger partial charge in [-0.2, -0.15) is 0 Å². The minimum Gasteiger partial charge on any atom is -0.322 e. The number of pyridine rings is 1. The number of anilines is 2. The van der Waals surface area contributed by atoms with Gasteiger partial charge in [-0.1, -0.05) is 30.3 Å². The zero-order chi connectivity index (χ0) is 19.1. The summed E-state index contributed by atoms with van der Waals surface area (Å²) in [4.78, 5) is 16.2. The molecule has 0 saturated carbocycles. The number of rotatable bonds is 6. The quantitative estimate of drug-likeness (QED) is 0.641. The van der Waals surface area contributed by atoms with E-state index in [0.29, 0.717) is 11.4 Å². The molecule has 2 N–H and O–H groups in total. The fourth-order valence-corrected chi connectivity index (χ4v) is 3.38. The molecule has 0 spiro atoms. The molecule has 2 aromatic carbocycles. The van der Waals surface area contributed by atoms with Gasteiger partial charge in [-0.05, 0) is 48.0 Å². The zero-order valence-corrected chi connectivity index (χ0v) is 15.1. The van der Waals surface area contributed by atoms with Crippen LogP contribution in [0.25, 0.3) is 6.08 Å². The van der Waals surface area contributed by atoms with E-state index in [1.807, 2.05) is 6.07 Å². The topological polar surface area (TPSA) is 88.2 Å². The second-order valence-corrected chi connectivity index (χ2v) is 7.29. The van der Waals surface area contributed by atoms with Gasteiger partial charge in [0.2, 0.25) is 5.91 Å². The van der Waals surface area contributed by atoms with E-state index >= 15 is 0 Å². The number of carbonyl (C=O) groups excluding carboxylic acids is 1. The Balaban J connectivity index is 1.69. The molecule has 0 saturated heterocycles. The summed E-state index contributed by atoms with van der Waals surface area (Å²) in [6.07, 6.45) is 6.32. The predicted octanol–water partition coefficient (Wildman–Crippen LogP) is 3.53. The Morgan fingerprint density at radius 3 is 2.44 bits per heavy atom. The van der Waals surface area contributed by atoms with E-state index in [4.69, 9.17) is 0 Å². The van der Waals surface area contributed by atoms with E-state index in [9.17, 15) is 13.2 Å². The maximum absolute atomic E-state index is 12.4. The van der Waals surface area contributed by atoms with Gasteiger partial charge in [-0.3, -0.25) is 14.5 Å². The Bertz CT molecular complexity index is 1050. The summed E-state index contributed by atoms with van der Waals surface area (Å²) < 4.78 is 27.3. The normalized spacial score (nSPS) is 11.3. The van der Waals surface area contributed by atoms with Crippen LogP contribution in [0.4, 0.5) is 11.4 Å². The molecule has 0 aliphatic carbocycles. The van der Waals surface area contributed by atoms with Crippen molar-refractivity contribution >= 4 is 33.4 Å². The van der Waals surface area contributed by atoms with Gasteiger partial charge in [0.15, 0.2) is 0 Å². The van der Waals surface area contributed by atoms with E-state index in [-0.39, 0.29) is 10.8 Å². The van der Waals surface area contributed by atoms with Crippen LogP contribution in [0, 0.1) is 0 Å². The fourth-order valence-electron chi connectivity index (χ4n) is 2.30. The first-order chi connectivity index (χ1) is 13.0. The summed E-state index contributed by atoms with van der Waals surface area (Å²) in [5.41, 5.74) is 1.63. The second-order valence-electron chi connectivity index (χ2n) is 5.61. The molecular formula is C20H17N3O3S. The van der Waals surface area contributed by atoms with Gasteiger partial charge in [-0.15, -0.1) is 0 Å². The van der Waals surface area contributed by atoms with Crippen LogP contribution in [0.15, 0.2) is 90.1 Å². The van der Waals surface area contributed by atoms with Crippen LogP contribution in [-0.2, 0) is 14.8 Å². The van der Waals surface area contributed by atoms with Crippen molar-refractivity contribution in [3.05, 3.63) is 90.8 Å². The summed E-state index contributed by atoms with van der Waals surface area (Å²) in [7, 11) is -3.69. The van der Waals surface area contributed by atoms with Crippen molar-refractivity contribution in [2.24, 2.45) is 0 Å². The van der Waals surface area contributed by atoms with Crippen molar-refractivity contribution in [3.8, 4) is 0 Å². The average Bonchev–Trinajstić information content (AvgIpc) is 2.68. The highest BCUT2D eigenvalue weighted by Crippen LogP contribution is 2.19. The molecule has 1 heterocycles. The highest BCUT2D eigenvalue weighted by Gasteiger charge is 2.13. The Morgan fingerprint density at radius 2 is 1.70 bits per heavy atom. The standard InChI is InChI=1S/C20H17N3O3S/c24-20(12-11-16-6-5-13-21-15-16)22-17-7-4-8-18(14-17)23-27(25,26)19-9-2-1-3-10-19/h1-15,23H,(H,22,24)/b12-11+. The van der Waals surface area contributed by atoms with Gasteiger partial charge in [0, 0.05) is 24.2 Å². The highest BCUT2D eigenvalue weighted by molar-refractivity contribution is 7.92. The van der Waals surface area contributed by atoms with Crippen LogP contribution in [0.1, 0.15) is 5.56 Å². The van der Waals surface area contributed by atoms with E-state index in [0.717, 1.165) is 5.56 Å². The number of nitrogens with zero attached hydrogens (tertiary/aromatic N) is 1. The van der Waals surface area contributed by atoms with E-state index in [1.165, 1.54) is 18.2 Å². The van der Waals surface area contributed by atoms with Crippen LogP contribution in [-0.4, -0.2) is 19.3 Å². The van der Waals surface area contributed by atoms with Gasteiger partial charge in [0.1, 0.15) is 0 Å². The van der Waals surface area contributed by atoms with E-state index < -0.39 is 10.0 Å². The molecule has 3 rings (SSSR count).